The van der Waals surface area contributed by atoms with Gasteiger partial charge in [-0.2, -0.15) is 0 Å². The van der Waals surface area contributed by atoms with Crippen molar-refractivity contribution in [2.45, 2.75) is 0 Å². The van der Waals surface area contributed by atoms with Crippen LogP contribution in [0.25, 0.3) is 0 Å². The van der Waals surface area contributed by atoms with Crippen molar-refractivity contribution in [1.29, 1.82) is 0 Å². The first kappa shape index (κ1) is 36.7. The van der Waals surface area contributed by atoms with E-state index < -0.39 is 17.5 Å². The van der Waals surface area contributed by atoms with Crippen molar-refractivity contribution in [2.24, 2.45) is 0 Å². The molecule has 12 heavy (non-hydrogen) atoms. The standard InChI is InChI=1S/CH2O3.3Na.H2O3S.H2O/c2-1(3)4;;;;1-4(2)3;/h(H2,2,3,4);;;;(H2,1,2,3);1H2/q;3*+1;;/p-3. The maximum Gasteiger partial charge on any atom is 1.00 e. The van der Waals surface area contributed by atoms with Crippen LogP contribution in [0.15, 0.2) is 0 Å². The number of carbonyl (C=O) groups is 1. The molecular weight excluding hydrogens is 225 g/mol. The van der Waals surface area contributed by atoms with Gasteiger partial charge in [0.25, 0.3) is 0 Å². The average Bonchev–Trinajstić information content (AvgIpc) is 1.25. The van der Waals surface area contributed by atoms with Gasteiger partial charge in [-0.25, -0.2) is 4.79 Å². The molecule has 0 bridgehead atoms. The van der Waals surface area contributed by atoms with Gasteiger partial charge in [-0.15, -0.1) is 11.4 Å². The van der Waals surface area contributed by atoms with Crippen molar-refractivity contribution in [1.82, 2.24) is 0 Å². The number of hydrogen-bond acceptors (Lipinski definition) is 5. The fourth-order valence-electron chi connectivity index (χ4n) is 0. The summed E-state index contributed by atoms with van der Waals surface area (Å²) in [5, 5.41) is 13.9. The average molecular weight is 228 g/mol. The third-order valence-corrected chi connectivity index (χ3v) is 0. The molecule has 0 aromatic carbocycles. The van der Waals surface area contributed by atoms with Crippen LogP contribution in [0.1, 0.15) is 0 Å². The SMILES string of the molecule is O=C(O)O.O=S([O-])[O-].[Na+].[Na+].[Na+].[OH-]. The van der Waals surface area contributed by atoms with Crippen LogP contribution in [-0.2, 0) is 11.4 Å². The van der Waals surface area contributed by atoms with E-state index in [1.807, 2.05) is 0 Å². The Morgan fingerprint density at radius 1 is 1.08 bits per heavy atom. The summed E-state index contributed by atoms with van der Waals surface area (Å²) >= 11 is -3.11. The van der Waals surface area contributed by atoms with Gasteiger partial charge in [-0.1, -0.05) is 0 Å². The fraction of sp³-hybridized carbons (Fsp3) is 0. The smallest absolute Gasteiger partial charge is 0.870 e. The van der Waals surface area contributed by atoms with Crippen LogP contribution in [-0.4, -0.2) is 35.2 Å². The Bertz CT molecular complexity index is 76.7. The molecule has 0 spiro atoms. The van der Waals surface area contributed by atoms with Crippen LogP contribution in [0.2, 0.25) is 0 Å². The van der Waals surface area contributed by atoms with E-state index in [-0.39, 0.29) is 94.1 Å². The Hall–Kier alpha value is 2.30. The number of hydrogen-bond donors (Lipinski definition) is 2. The minimum Gasteiger partial charge on any atom is -0.870 e. The van der Waals surface area contributed by atoms with Crippen LogP contribution in [0.5, 0.6) is 0 Å². The Balaban J connectivity index is -0.0000000112. The summed E-state index contributed by atoms with van der Waals surface area (Å²) in [6, 6.07) is 0. The van der Waals surface area contributed by atoms with Crippen molar-refractivity contribution in [3.63, 3.8) is 0 Å². The maximum absolute atomic E-state index is 8.56. The second-order valence-corrected chi connectivity index (χ2v) is 0.895. The van der Waals surface area contributed by atoms with Gasteiger partial charge in [0.2, 0.25) is 0 Å². The van der Waals surface area contributed by atoms with Gasteiger partial charge >= 0.3 is 94.8 Å². The molecule has 0 amide bonds. The van der Waals surface area contributed by atoms with Gasteiger partial charge in [-0.05, 0) is 0 Å². The summed E-state index contributed by atoms with van der Waals surface area (Å²) in [7, 11) is 0. The van der Waals surface area contributed by atoms with Gasteiger partial charge < -0.3 is 24.8 Å². The van der Waals surface area contributed by atoms with Crippen LogP contribution < -0.4 is 88.7 Å². The topological polar surface area (TPSA) is 151 Å². The third-order valence-electron chi connectivity index (χ3n) is 0. The zero-order chi connectivity index (χ0) is 7.15. The second-order valence-electron chi connectivity index (χ2n) is 0.487. The van der Waals surface area contributed by atoms with Gasteiger partial charge in [0.15, 0.2) is 0 Å². The maximum atomic E-state index is 8.56. The summed E-state index contributed by atoms with van der Waals surface area (Å²) < 4.78 is 25.3. The molecule has 0 atom stereocenters. The molecule has 0 aliphatic rings. The predicted octanol–water partition coefficient (Wildman–Crippen LogP) is -9.95. The summed E-state index contributed by atoms with van der Waals surface area (Å²) in [6.07, 6.45) is -1.83. The molecule has 58 valence electrons. The molecule has 3 N–H and O–H groups in total. The molecule has 0 unspecified atom stereocenters. The Morgan fingerprint density at radius 2 is 1.08 bits per heavy atom. The molecule has 0 saturated heterocycles. The molecule has 0 heterocycles. The minimum atomic E-state index is -3.11. The Labute approximate surface area is 138 Å². The predicted molar refractivity (Wildman–Crippen MR) is 22.3 cm³/mol. The van der Waals surface area contributed by atoms with E-state index in [0.29, 0.717) is 0 Å². The molecule has 0 saturated carbocycles. The largest absolute Gasteiger partial charge is 1.00 e. The van der Waals surface area contributed by atoms with Crippen molar-refractivity contribution in [2.75, 3.05) is 0 Å². The van der Waals surface area contributed by atoms with E-state index in [0.717, 1.165) is 0 Å². The zero-order valence-electron chi connectivity index (χ0n) is 6.88. The number of rotatable bonds is 0. The van der Waals surface area contributed by atoms with E-state index in [2.05, 4.69) is 0 Å². The molecule has 0 aliphatic heterocycles. The van der Waals surface area contributed by atoms with Crippen molar-refractivity contribution in [3.8, 4) is 0 Å². The van der Waals surface area contributed by atoms with E-state index in [1.54, 1.807) is 0 Å². The first-order valence-corrected chi connectivity index (χ1v) is 2.15. The zero-order valence-corrected chi connectivity index (χ0v) is 13.7. The molecule has 7 nitrogen and oxygen atoms in total. The summed E-state index contributed by atoms with van der Waals surface area (Å²) in [5.41, 5.74) is 0. The molecule has 0 radical (unpaired) electrons. The molecule has 0 aromatic rings. The van der Waals surface area contributed by atoms with Gasteiger partial charge in [0.1, 0.15) is 0 Å². The summed E-state index contributed by atoms with van der Waals surface area (Å²) in [6.45, 7) is 0. The molecule has 0 aliphatic carbocycles. The van der Waals surface area contributed by atoms with Crippen molar-refractivity contribution >= 4 is 17.5 Å². The van der Waals surface area contributed by atoms with Crippen molar-refractivity contribution in [3.05, 3.63) is 0 Å². The van der Waals surface area contributed by atoms with Crippen LogP contribution in [0, 0.1) is 0 Å². The van der Waals surface area contributed by atoms with Gasteiger partial charge in [-0.3, -0.25) is 4.21 Å². The van der Waals surface area contributed by atoms with E-state index in [4.69, 9.17) is 28.3 Å². The molecule has 11 heteroatoms. The first-order valence-electron chi connectivity index (χ1n) is 1.15. The van der Waals surface area contributed by atoms with Crippen molar-refractivity contribution < 1.29 is 122 Å². The Morgan fingerprint density at radius 3 is 1.08 bits per heavy atom. The minimum absolute atomic E-state index is 0. The second kappa shape index (κ2) is 29.2. The van der Waals surface area contributed by atoms with Crippen LogP contribution in [0.4, 0.5) is 4.79 Å². The van der Waals surface area contributed by atoms with Gasteiger partial charge in [0, 0.05) is 0 Å². The normalized spacial score (nSPS) is 4.92. The van der Waals surface area contributed by atoms with E-state index in [1.165, 1.54) is 0 Å². The van der Waals surface area contributed by atoms with E-state index in [9.17, 15) is 0 Å². The fourth-order valence-corrected chi connectivity index (χ4v) is 0. The quantitative estimate of drug-likeness (QED) is 0.308. The Kier molecular flexibility index (Phi) is 89.4. The molecular formula is CH3Na3O7S. The summed E-state index contributed by atoms with van der Waals surface area (Å²) in [4.78, 5) is 8.56. The third kappa shape index (κ3) is 297. The molecule has 0 fully saturated rings. The van der Waals surface area contributed by atoms with Crippen LogP contribution >= 0.6 is 0 Å². The van der Waals surface area contributed by atoms with E-state index >= 15 is 0 Å². The number of carboxylic acid groups (broad SMARTS) is 2. The first-order chi connectivity index (χ1) is 3.46. The molecule has 0 rings (SSSR count). The summed E-state index contributed by atoms with van der Waals surface area (Å²) in [5.74, 6) is 0. The monoisotopic (exact) mass is 228 g/mol. The van der Waals surface area contributed by atoms with Crippen LogP contribution in [0.3, 0.4) is 0 Å². The molecule has 0 aromatic heterocycles. The van der Waals surface area contributed by atoms with Gasteiger partial charge in [0.05, 0.1) is 0 Å².